The standard InChI is InChI=1S/C12H20O4/c1-3-15-11(13)8-9-6-5-7-10(9)12(14)16-4-2/h7,9,12,14H,3-6,8H2,1-2H3. The van der Waals surface area contributed by atoms with Crippen molar-refractivity contribution in [2.45, 2.75) is 39.4 Å². The van der Waals surface area contributed by atoms with Crippen molar-refractivity contribution in [3.63, 3.8) is 0 Å². The summed E-state index contributed by atoms with van der Waals surface area (Å²) in [4.78, 5) is 11.4. The summed E-state index contributed by atoms with van der Waals surface area (Å²) in [6, 6.07) is 0. The maximum absolute atomic E-state index is 11.4. The third kappa shape index (κ3) is 3.61. The van der Waals surface area contributed by atoms with Crippen molar-refractivity contribution in [1.82, 2.24) is 0 Å². The van der Waals surface area contributed by atoms with E-state index >= 15 is 0 Å². The van der Waals surface area contributed by atoms with Crippen LogP contribution in [0.5, 0.6) is 0 Å². The van der Waals surface area contributed by atoms with Gasteiger partial charge in [0.2, 0.25) is 0 Å². The average molecular weight is 228 g/mol. The number of aliphatic hydroxyl groups is 1. The van der Waals surface area contributed by atoms with E-state index in [0.717, 1.165) is 18.4 Å². The second kappa shape index (κ2) is 6.66. The lowest BCUT2D eigenvalue weighted by molar-refractivity contribution is -0.144. The van der Waals surface area contributed by atoms with Crippen LogP contribution in [-0.2, 0) is 14.3 Å². The summed E-state index contributed by atoms with van der Waals surface area (Å²) in [5.41, 5.74) is 0.829. The van der Waals surface area contributed by atoms with Gasteiger partial charge in [-0.15, -0.1) is 0 Å². The highest BCUT2D eigenvalue weighted by Gasteiger charge is 2.27. The van der Waals surface area contributed by atoms with E-state index in [9.17, 15) is 9.90 Å². The van der Waals surface area contributed by atoms with E-state index in [1.165, 1.54) is 0 Å². The van der Waals surface area contributed by atoms with Crippen LogP contribution in [0.25, 0.3) is 0 Å². The van der Waals surface area contributed by atoms with Crippen molar-refractivity contribution in [3.8, 4) is 0 Å². The monoisotopic (exact) mass is 228 g/mol. The molecule has 1 rings (SSSR count). The molecule has 0 aromatic rings. The molecule has 0 fully saturated rings. The summed E-state index contributed by atoms with van der Waals surface area (Å²) in [5, 5.41) is 9.72. The van der Waals surface area contributed by atoms with Crippen LogP contribution < -0.4 is 0 Å². The molecule has 0 aliphatic heterocycles. The van der Waals surface area contributed by atoms with Gasteiger partial charge in [-0.2, -0.15) is 0 Å². The fourth-order valence-corrected chi connectivity index (χ4v) is 1.98. The SMILES string of the molecule is CCOC(=O)CC1CCC=C1C(O)OCC. The molecule has 0 saturated heterocycles. The third-order valence-corrected chi connectivity index (χ3v) is 2.69. The first-order valence-corrected chi connectivity index (χ1v) is 5.84. The topological polar surface area (TPSA) is 55.8 Å². The second-order valence-corrected chi connectivity index (χ2v) is 3.80. The van der Waals surface area contributed by atoms with Gasteiger partial charge < -0.3 is 14.6 Å². The van der Waals surface area contributed by atoms with Crippen molar-refractivity contribution in [2.75, 3.05) is 13.2 Å². The van der Waals surface area contributed by atoms with Crippen LogP contribution in [0.4, 0.5) is 0 Å². The number of hydrogen-bond donors (Lipinski definition) is 1. The van der Waals surface area contributed by atoms with E-state index in [2.05, 4.69) is 0 Å². The van der Waals surface area contributed by atoms with Crippen LogP contribution in [0.2, 0.25) is 0 Å². The predicted octanol–water partition coefficient (Wildman–Crippen LogP) is 1.63. The summed E-state index contributed by atoms with van der Waals surface area (Å²) >= 11 is 0. The summed E-state index contributed by atoms with van der Waals surface area (Å²) < 4.78 is 10.0. The molecule has 16 heavy (non-hydrogen) atoms. The van der Waals surface area contributed by atoms with Gasteiger partial charge in [0.1, 0.15) is 0 Å². The number of hydrogen-bond acceptors (Lipinski definition) is 4. The lowest BCUT2D eigenvalue weighted by Crippen LogP contribution is -2.21. The van der Waals surface area contributed by atoms with Crippen LogP contribution >= 0.6 is 0 Å². The van der Waals surface area contributed by atoms with Gasteiger partial charge in [0.15, 0.2) is 6.29 Å². The lowest BCUT2D eigenvalue weighted by atomic mass is 9.97. The molecule has 2 unspecified atom stereocenters. The molecule has 0 amide bonds. The fraction of sp³-hybridized carbons (Fsp3) is 0.750. The molecule has 0 radical (unpaired) electrons. The van der Waals surface area contributed by atoms with E-state index in [-0.39, 0.29) is 11.9 Å². The second-order valence-electron chi connectivity index (χ2n) is 3.80. The molecule has 4 heteroatoms. The van der Waals surface area contributed by atoms with E-state index in [4.69, 9.17) is 9.47 Å². The smallest absolute Gasteiger partial charge is 0.306 e. The molecule has 1 N–H and O–H groups in total. The van der Waals surface area contributed by atoms with Crippen LogP contribution in [-0.4, -0.2) is 30.6 Å². The van der Waals surface area contributed by atoms with Crippen LogP contribution in [0.1, 0.15) is 33.1 Å². The minimum absolute atomic E-state index is 0.0700. The molecule has 0 heterocycles. The molecule has 0 aromatic heterocycles. The Labute approximate surface area is 96.2 Å². The van der Waals surface area contributed by atoms with Gasteiger partial charge in [0.25, 0.3) is 0 Å². The molecule has 0 bridgehead atoms. The molecular weight excluding hydrogens is 208 g/mol. The lowest BCUT2D eigenvalue weighted by Gasteiger charge is -2.18. The van der Waals surface area contributed by atoms with Gasteiger partial charge in [0, 0.05) is 6.61 Å². The number of aliphatic hydroxyl groups excluding tert-OH is 1. The highest BCUT2D eigenvalue weighted by atomic mass is 16.6. The Morgan fingerprint density at radius 1 is 1.56 bits per heavy atom. The highest BCUT2D eigenvalue weighted by molar-refractivity contribution is 5.70. The number of ether oxygens (including phenoxy) is 2. The van der Waals surface area contributed by atoms with Gasteiger partial charge >= 0.3 is 5.97 Å². The maximum atomic E-state index is 11.4. The number of allylic oxidation sites excluding steroid dienone is 1. The number of rotatable bonds is 6. The van der Waals surface area contributed by atoms with Crippen molar-refractivity contribution in [1.29, 1.82) is 0 Å². The highest BCUT2D eigenvalue weighted by Crippen LogP contribution is 2.31. The first-order valence-electron chi connectivity index (χ1n) is 5.84. The summed E-state index contributed by atoms with van der Waals surface area (Å²) in [7, 11) is 0. The van der Waals surface area contributed by atoms with Crippen molar-refractivity contribution in [3.05, 3.63) is 11.6 Å². The Hall–Kier alpha value is -0.870. The van der Waals surface area contributed by atoms with Crippen molar-refractivity contribution < 1.29 is 19.4 Å². The Morgan fingerprint density at radius 2 is 2.31 bits per heavy atom. The maximum Gasteiger partial charge on any atom is 0.306 e. The zero-order valence-electron chi connectivity index (χ0n) is 9.94. The first kappa shape index (κ1) is 13.2. The molecule has 1 aliphatic carbocycles. The average Bonchev–Trinajstić information content (AvgIpc) is 2.66. The molecule has 2 atom stereocenters. The van der Waals surface area contributed by atoms with Crippen molar-refractivity contribution in [2.24, 2.45) is 5.92 Å². The zero-order chi connectivity index (χ0) is 12.0. The number of carbonyl (C=O) groups excluding carboxylic acids is 1. The molecule has 4 nitrogen and oxygen atoms in total. The van der Waals surface area contributed by atoms with E-state index in [1.807, 2.05) is 13.0 Å². The summed E-state index contributed by atoms with van der Waals surface area (Å²) in [5.74, 6) is -0.135. The molecule has 0 saturated carbocycles. The van der Waals surface area contributed by atoms with Gasteiger partial charge in [-0.25, -0.2) is 0 Å². The normalized spacial score (nSPS) is 21.7. The Bertz CT molecular complexity index is 260. The minimum Gasteiger partial charge on any atom is -0.466 e. The number of esters is 1. The molecule has 1 aliphatic rings. The van der Waals surface area contributed by atoms with E-state index in [0.29, 0.717) is 19.6 Å². The van der Waals surface area contributed by atoms with Crippen LogP contribution in [0.3, 0.4) is 0 Å². The molecule has 0 aromatic carbocycles. The van der Waals surface area contributed by atoms with Gasteiger partial charge in [-0.05, 0) is 38.2 Å². The Balaban J connectivity index is 2.48. The zero-order valence-corrected chi connectivity index (χ0v) is 9.94. The number of carbonyl (C=O) groups is 1. The largest absolute Gasteiger partial charge is 0.466 e. The van der Waals surface area contributed by atoms with Gasteiger partial charge in [-0.1, -0.05) is 6.08 Å². The molecule has 92 valence electrons. The molecular formula is C12H20O4. The van der Waals surface area contributed by atoms with Gasteiger partial charge in [0.05, 0.1) is 13.0 Å². The quantitative estimate of drug-likeness (QED) is 0.426. The Morgan fingerprint density at radius 3 is 2.94 bits per heavy atom. The van der Waals surface area contributed by atoms with Gasteiger partial charge in [-0.3, -0.25) is 4.79 Å². The fourth-order valence-electron chi connectivity index (χ4n) is 1.98. The predicted molar refractivity (Wildman–Crippen MR) is 59.7 cm³/mol. The van der Waals surface area contributed by atoms with E-state index < -0.39 is 6.29 Å². The van der Waals surface area contributed by atoms with Crippen molar-refractivity contribution >= 4 is 5.97 Å². The summed E-state index contributed by atoms with van der Waals surface area (Å²) in [6.07, 6.45) is 3.21. The minimum atomic E-state index is -0.869. The molecule has 0 spiro atoms. The van der Waals surface area contributed by atoms with Crippen LogP contribution in [0, 0.1) is 5.92 Å². The third-order valence-electron chi connectivity index (χ3n) is 2.69. The van der Waals surface area contributed by atoms with Crippen LogP contribution in [0.15, 0.2) is 11.6 Å². The van der Waals surface area contributed by atoms with E-state index in [1.54, 1.807) is 6.92 Å². The first-order chi connectivity index (χ1) is 7.69. The summed E-state index contributed by atoms with van der Waals surface area (Å²) in [6.45, 7) is 4.49. The Kier molecular flexibility index (Phi) is 5.49.